The van der Waals surface area contributed by atoms with Crippen molar-refractivity contribution in [3.05, 3.63) is 78.6 Å². The molecule has 0 radical (unpaired) electrons. The highest BCUT2D eigenvalue weighted by molar-refractivity contribution is 5.83. The van der Waals surface area contributed by atoms with Crippen LogP contribution < -0.4 is 0 Å². The van der Waals surface area contributed by atoms with Crippen LogP contribution in [0.3, 0.4) is 0 Å². The van der Waals surface area contributed by atoms with Crippen LogP contribution in [-0.4, -0.2) is 29.3 Å². The molecule has 0 fully saturated rings. The topological polar surface area (TPSA) is 64.3 Å². The fourth-order valence-electron chi connectivity index (χ4n) is 3.71. The number of imidazole rings is 2. The van der Waals surface area contributed by atoms with Gasteiger partial charge in [-0.15, -0.1) is 0 Å². The highest BCUT2D eigenvalue weighted by Crippen LogP contribution is 2.31. The van der Waals surface area contributed by atoms with Gasteiger partial charge >= 0.3 is 0 Å². The van der Waals surface area contributed by atoms with Crippen LogP contribution in [0.15, 0.2) is 67.4 Å². The van der Waals surface area contributed by atoms with Gasteiger partial charge < -0.3 is 9.55 Å². The second kappa shape index (κ2) is 6.49. The first-order valence-electron chi connectivity index (χ1n) is 9.22. The van der Waals surface area contributed by atoms with Gasteiger partial charge in [-0.05, 0) is 19.1 Å². The van der Waals surface area contributed by atoms with Crippen molar-refractivity contribution in [2.24, 2.45) is 7.05 Å². The maximum atomic E-state index is 4.77. The number of fused-ring (bicyclic) bond motifs is 1. The second-order valence-electron chi connectivity index (χ2n) is 6.99. The maximum absolute atomic E-state index is 4.77. The van der Waals surface area contributed by atoms with E-state index in [4.69, 9.17) is 10.1 Å². The molecule has 2 aromatic carbocycles. The molecular weight excluding hydrogens is 348 g/mol. The average Bonchev–Trinajstić information content (AvgIpc) is 3.43. The van der Waals surface area contributed by atoms with E-state index in [-0.39, 0.29) is 0 Å². The Morgan fingerprint density at radius 2 is 1.93 bits per heavy atom. The Morgan fingerprint density at radius 1 is 1.07 bits per heavy atom. The van der Waals surface area contributed by atoms with Gasteiger partial charge in [-0.2, -0.15) is 5.10 Å². The van der Waals surface area contributed by atoms with Gasteiger partial charge in [0.2, 0.25) is 0 Å². The van der Waals surface area contributed by atoms with Gasteiger partial charge in [0.15, 0.2) is 0 Å². The minimum atomic E-state index is 0.634. The molecule has 0 aliphatic heterocycles. The van der Waals surface area contributed by atoms with Gasteiger partial charge in [0, 0.05) is 18.0 Å². The Balaban J connectivity index is 1.66. The SMILES string of the molecule is Cc1ccc2c(c1)c(Cn1cnc(-c3ccccc3)c1-c1cnc[nH]1)nn2C. The maximum Gasteiger partial charge on any atom is 0.0979 e. The molecular formula is C22H20N6. The Bertz CT molecular complexity index is 1250. The highest BCUT2D eigenvalue weighted by atomic mass is 15.3. The Morgan fingerprint density at radius 3 is 2.71 bits per heavy atom. The predicted molar refractivity (Wildman–Crippen MR) is 110 cm³/mol. The van der Waals surface area contributed by atoms with Crippen molar-refractivity contribution in [2.45, 2.75) is 13.5 Å². The van der Waals surface area contributed by atoms with Crippen LogP contribution in [0.5, 0.6) is 0 Å². The van der Waals surface area contributed by atoms with Crippen molar-refractivity contribution in [3.63, 3.8) is 0 Å². The Labute approximate surface area is 162 Å². The van der Waals surface area contributed by atoms with Crippen molar-refractivity contribution in [3.8, 4) is 22.6 Å². The van der Waals surface area contributed by atoms with Crippen LogP contribution >= 0.6 is 0 Å². The summed E-state index contributed by atoms with van der Waals surface area (Å²) in [7, 11) is 1.99. The number of H-pyrrole nitrogens is 1. The molecule has 0 aliphatic carbocycles. The van der Waals surface area contributed by atoms with Gasteiger partial charge in [-0.1, -0.05) is 42.0 Å². The normalized spacial score (nSPS) is 11.4. The number of hydrogen-bond donors (Lipinski definition) is 1. The zero-order chi connectivity index (χ0) is 19.1. The fraction of sp³-hybridized carbons (Fsp3) is 0.136. The minimum Gasteiger partial charge on any atom is -0.343 e. The van der Waals surface area contributed by atoms with Crippen LogP contribution in [0.1, 0.15) is 11.3 Å². The first kappa shape index (κ1) is 16.5. The van der Waals surface area contributed by atoms with Gasteiger partial charge in [-0.3, -0.25) is 4.68 Å². The molecule has 0 amide bonds. The number of aromatic amines is 1. The number of nitrogens with one attached hydrogen (secondary N) is 1. The van der Waals surface area contributed by atoms with Crippen LogP contribution in [0.4, 0.5) is 0 Å². The van der Waals surface area contributed by atoms with E-state index in [0.717, 1.165) is 33.9 Å². The molecule has 28 heavy (non-hydrogen) atoms. The van der Waals surface area contributed by atoms with Crippen LogP contribution in [-0.2, 0) is 13.6 Å². The molecule has 6 nitrogen and oxygen atoms in total. The van der Waals surface area contributed by atoms with E-state index in [1.807, 2.05) is 42.5 Å². The zero-order valence-electron chi connectivity index (χ0n) is 15.8. The lowest BCUT2D eigenvalue weighted by Gasteiger charge is -2.08. The van der Waals surface area contributed by atoms with E-state index in [0.29, 0.717) is 6.54 Å². The summed E-state index contributed by atoms with van der Waals surface area (Å²) in [5.74, 6) is 0. The highest BCUT2D eigenvalue weighted by Gasteiger charge is 2.18. The van der Waals surface area contributed by atoms with Gasteiger partial charge in [0.05, 0.1) is 53.7 Å². The van der Waals surface area contributed by atoms with Crippen LogP contribution in [0.25, 0.3) is 33.5 Å². The monoisotopic (exact) mass is 368 g/mol. The molecule has 6 heteroatoms. The van der Waals surface area contributed by atoms with Gasteiger partial charge in [0.1, 0.15) is 0 Å². The van der Waals surface area contributed by atoms with E-state index >= 15 is 0 Å². The third kappa shape index (κ3) is 2.70. The molecule has 5 aromatic rings. The van der Waals surface area contributed by atoms with E-state index in [1.54, 1.807) is 6.33 Å². The fourth-order valence-corrected chi connectivity index (χ4v) is 3.71. The molecule has 1 N–H and O–H groups in total. The molecule has 0 unspecified atom stereocenters. The third-order valence-electron chi connectivity index (χ3n) is 5.04. The summed E-state index contributed by atoms with van der Waals surface area (Å²) in [5, 5.41) is 5.95. The van der Waals surface area contributed by atoms with Crippen molar-refractivity contribution < 1.29 is 0 Å². The summed E-state index contributed by atoms with van der Waals surface area (Å²) in [6.07, 6.45) is 5.41. The summed E-state index contributed by atoms with van der Waals surface area (Å²) in [6, 6.07) is 16.7. The number of nitrogens with zero attached hydrogens (tertiary/aromatic N) is 5. The molecule has 138 valence electrons. The van der Waals surface area contributed by atoms with Gasteiger partial charge in [0.25, 0.3) is 0 Å². The molecule has 0 saturated carbocycles. The summed E-state index contributed by atoms with van der Waals surface area (Å²) >= 11 is 0. The third-order valence-corrected chi connectivity index (χ3v) is 5.04. The standard InChI is InChI=1S/C22H20N6/c1-15-8-9-20-17(10-15)19(26-27(20)2)12-28-14-25-21(16-6-4-3-5-7-16)22(28)18-11-23-13-24-18/h3-11,13-14H,12H2,1-2H3,(H,23,24). The molecule has 5 rings (SSSR count). The summed E-state index contributed by atoms with van der Waals surface area (Å²) in [4.78, 5) is 12.2. The van der Waals surface area contributed by atoms with Crippen molar-refractivity contribution >= 4 is 10.9 Å². The summed E-state index contributed by atoms with van der Waals surface area (Å²) in [6.45, 7) is 2.74. The number of rotatable bonds is 4. The van der Waals surface area contributed by atoms with Gasteiger partial charge in [-0.25, -0.2) is 9.97 Å². The average molecular weight is 368 g/mol. The van der Waals surface area contributed by atoms with Crippen molar-refractivity contribution in [1.82, 2.24) is 29.3 Å². The Kier molecular flexibility index (Phi) is 3.83. The summed E-state index contributed by atoms with van der Waals surface area (Å²) in [5.41, 5.74) is 7.34. The number of benzene rings is 2. The quantitative estimate of drug-likeness (QED) is 0.517. The first-order valence-corrected chi connectivity index (χ1v) is 9.22. The van der Waals surface area contributed by atoms with E-state index in [2.05, 4.69) is 51.8 Å². The minimum absolute atomic E-state index is 0.634. The van der Waals surface area contributed by atoms with Crippen molar-refractivity contribution in [1.29, 1.82) is 0 Å². The number of aromatic nitrogens is 6. The second-order valence-corrected chi connectivity index (χ2v) is 6.99. The largest absolute Gasteiger partial charge is 0.343 e. The van der Waals surface area contributed by atoms with Crippen LogP contribution in [0, 0.1) is 6.92 Å². The van der Waals surface area contributed by atoms with E-state index < -0.39 is 0 Å². The smallest absolute Gasteiger partial charge is 0.0979 e. The lowest BCUT2D eigenvalue weighted by Crippen LogP contribution is -2.03. The lowest BCUT2D eigenvalue weighted by molar-refractivity contribution is 0.721. The molecule has 0 bridgehead atoms. The number of aryl methyl sites for hydroxylation is 2. The molecule has 3 heterocycles. The molecule has 0 saturated heterocycles. The molecule has 0 atom stereocenters. The summed E-state index contributed by atoms with van der Waals surface area (Å²) < 4.78 is 4.08. The molecule has 0 spiro atoms. The molecule has 3 aromatic heterocycles. The molecule has 0 aliphatic rings. The predicted octanol–water partition coefficient (Wildman–Crippen LogP) is 4.18. The zero-order valence-corrected chi connectivity index (χ0v) is 15.8. The van der Waals surface area contributed by atoms with Crippen LogP contribution in [0.2, 0.25) is 0 Å². The van der Waals surface area contributed by atoms with E-state index in [9.17, 15) is 0 Å². The van der Waals surface area contributed by atoms with E-state index in [1.165, 1.54) is 10.9 Å². The van der Waals surface area contributed by atoms with Crippen molar-refractivity contribution in [2.75, 3.05) is 0 Å². The lowest BCUT2D eigenvalue weighted by atomic mass is 10.1. The number of hydrogen-bond acceptors (Lipinski definition) is 3. The first-order chi connectivity index (χ1) is 13.7. The Hall–Kier alpha value is -3.67.